The summed E-state index contributed by atoms with van der Waals surface area (Å²) in [7, 11) is -3.01. The molecule has 5 nitrogen and oxygen atoms in total. The fraction of sp³-hybridized carbons (Fsp3) is 0.909. The van der Waals surface area contributed by atoms with Crippen molar-refractivity contribution in [2.24, 2.45) is 0 Å². The molecule has 0 radical (unpaired) electrons. The van der Waals surface area contributed by atoms with Crippen LogP contribution >= 0.6 is 0 Å². The second kappa shape index (κ2) is 8.33. The van der Waals surface area contributed by atoms with E-state index in [0.717, 1.165) is 25.5 Å². The molecule has 0 aliphatic carbocycles. The molecular formula is C11H24N2O3S. The predicted molar refractivity (Wildman–Crippen MR) is 69.8 cm³/mol. The van der Waals surface area contributed by atoms with Crippen LogP contribution in [0.2, 0.25) is 0 Å². The molecule has 6 heteroatoms. The quantitative estimate of drug-likeness (QED) is 0.649. The van der Waals surface area contributed by atoms with Crippen LogP contribution in [0.3, 0.4) is 0 Å². The fourth-order valence-corrected chi connectivity index (χ4v) is 1.87. The minimum atomic E-state index is -3.01. The van der Waals surface area contributed by atoms with Gasteiger partial charge in [0.15, 0.2) is 0 Å². The number of sulfone groups is 1. The van der Waals surface area contributed by atoms with Crippen LogP contribution in [0, 0.1) is 0 Å². The number of hydrogen-bond donors (Lipinski definition) is 2. The maximum absolute atomic E-state index is 11.4. The van der Waals surface area contributed by atoms with Gasteiger partial charge in [0.2, 0.25) is 0 Å². The summed E-state index contributed by atoms with van der Waals surface area (Å²) in [6.45, 7) is 4.24. The average Bonchev–Trinajstić information content (AvgIpc) is 2.15. The zero-order valence-corrected chi connectivity index (χ0v) is 11.8. The Morgan fingerprint density at radius 2 is 1.94 bits per heavy atom. The Balaban J connectivity index is 3.64. The number of carbonyl (C=O) groups is 1. The van der Waals surface area contributed by atoms with E-state index >= 15 is 0 Å². The van der Waals surface area contributed by atoms with E-state index in [1.807, 2.05) is 6.92 Å². The van der Waals surface area contributed by atoms with E-state index in [4.69, 9.17) is 0 Å². The first kappa shape index (κ1) is 16.2. The van der Waals surface area contributed by atoms with Crippen molar-refractivity contribution in [3.8, 4) is 0 Å². The molecule has 2 N–H and O–H groups in total. The van der Waals surface area contributed by atoms with E-state index in [0.29, 0.717) is 0 Å². The third-order valence-electron chi connectivity index (χ3n) is 2.38. The van der Waals surface area contributed by atoms with Crippen LogP contribution in [0.15, 0.2) is 0 Å². The van der Waals surface area contributed by atoms with Gasteiger partial charge in [-0.05, 0) is 13.3 Å². The van der Waals surface area contributed by atoms with E-state index < -0.39 is 9.84 Å². The highest BCUT2D eigenvalue weighted by Gasteiger charge is 2.07. The Kier molecular flexibility index (Phi) is 7.95. The minimum absolute atomic E-state index is 0.0232. The lowest BCUT2D eigenvalue weighted by Crippen LogP contribution is -2.42. The van der Waals surface area contributed by atoms with Gasteiger partial charge in [-0.1, -0.05) is 26.2 Å². The molecule has 0 aromatic carbocycles. The van der Waals surface area contributed by atoms with E-state index in [1.165, 1.54) is 6.42 Å². The summed E-state index contributed by atoms with van der Waals surface area (Å²) in [5, 5.41) is 5.31. The zero-order valence-electron chi connectivity index (χ0n) is 11.0. The fourth-order valence-electron chi connectivity index (χ4n) is 1.40. The maximum atomic E-state index is 11.4. The van der Waals surface area contributed by atoms with Crippen LogP contribution < -0.4 is 10.6 Å². The minimum Gasteiger partial charge on any atom is -0.337 e. The molecule has 0 aliphatic rings. The molecule has 0 fully saturated rings. The standard InChI is InChI=1S/C11H24N2O3S/c1-4-5-6-7-10(2)13-11(14)12-8-9-17(3,15)16/h10H,4-9H2,1-3H3,(H2,12,13,14). The van der Waals surface area contributed by atoms with Gasteiger partial charge >= 0.3 is 6.03 Å². The number of urea groups is 1. The third kappa shape index (κ3) is 11.5. The molecular weight excluding hydrogens is 240 g/mol. The second-order valence-electron chi connectivity index (χ2n) is 4.43. The van der Waals surface area contributed by atoms with Crippen molar-refractivity contribution in [1.82, 2.24) is 10.6 Å². The van der Waals surface area contributed by atoms with E-state index in [1.54, 1.807) is 0 Å². The van der Waals surface area contributed by atoms with Gasteiger partial charge in [-0.3, -0.25) is 0 Å². The largest absolute Gasteiger partial charge is 0.337 e. The van der Waals surface area contributed by atoms with Gasteiger partial charge in [-0.2, -0.15) is 0 Å². The molecule has 0 rings (SSSR count). The van der Waals surface area contributed by atoms with Crippen molar-refractivity contribution in [2.75, 3.05) is 18.6 Å². The number of unbranched alkanes of at least 4 members (excludes halogenated alkanes) is 2. The lowest BCUT2D eigenvalue weighted by atomic mass is 10.1. The first-order valence-electron chi connectivity index (χ1n) is 6.07. The molecule has 0 aromatic heterocycles. The van der Waals surface area contributed by atoms with Crippen LogP contribution in [0.1, 0.15) is 39.5 Å². The smallest absolute Gasteiger partial charge is 0.315 e. The van der Waals surface area contributed by atoms with Gasteiger partial charge < -0.3 is 10.6 Å². The molecule has 0 bridgehead atoms. The normalized spacial score (nSPS) is 13.1. The summed E-state index contributed by atoms with van der Waals surface area (Å²) in [4.78, 5) is 11.4. The van der Waals surface area contributed by atoms with Crippen molar-refractivity contribution < 1.29 is 13.2 Å². The lowest BCUT2D eigenvalue weighted by Gasteiger charge is -2.14. The number of rotatable bonds is 8. The molecule has 102 valence electrons. The van der Waals surface area contributed by atoms with E-state index in [9.17, 15) is 13.2 Å². The second-order valence-corrected chi connectivity index (χ2v) is 6.69. The van der Waals surface area contributed by atoms with Crippen molar-refractivity contribution >= 4 is 15.9 Å². The highest BCUT2D eigenvalue weighted by molar-refractivity contribution is 7.90. The Morgan fingerprint density at radius 3 is 2.47 bits per heavy atom. The molecule has 0 heterocycles. The van der Waals surface area contributed by atoms with Crippen molar-refractivity contribution in [3.05, 3.63) is 0 Å². The van der Waals surface area contributed by atoms with Crippen LogP contribution in [0.4, 0.5) is 4.79 Å². The number of hydrogen-bond acceptors (Lipinski definition) is 3. The Labute approximate surface area is 104 Å². The SMILES string of the molecule is CCCCCC(C)NC(=O)NCCS(C)(=O)=O. The third-order valence-corrected chi connectivity index (χ3v) is 3.32. The topological polar surface area (TPSA) is 75.3 Å². The molecule has 2 amide bonds. The van der Waals surface area contributed by atoms with Gasteiger partial charge in [0.1, 0.15) is 9.84 Å². The first-order valence-corrected chi connectivity index (χ1v) is 8.13. The average molecular weight is 264 g/mol. The lowest BCUT2D eigenvalue weighted by molar-refractivity contribution is 0.237. The molecule has 17 heavy (non-hydrogen) atoms. The molecule has 1 unspecified atom stereocenters. The molecule has 0 aromatic rings. The number of nitrogens with one attached hydrogen (secondary N) is 2. The van der Waals surface area contributed by atoms with Crippen LogP contribution in [-0.4, -0.2) is 39.0 Å². The monoisotopic (exact) mass is 264 g/mol. The summed E-state index contributed by atoms with van der Waals surface area (Å²) in [5.74, 6) is -0.0232. The number of amides is 2. The first-order chi connectivity index (χ1) is 7.85. The molecule has 0 aliphatic heterocycles. The van der Waals surface area contributed by atoms with Gasteiger partial charge in [0.05, 0.1) is 5.75 Å². The number of carbonyl (C=O) groups excluding carboxylic acids is 1. The maximum Gasteiger partial charge on any atom is 0.315 e. The van der Waals surface area contributed by atoms with Crippen molar-refractivity contribution in [1.29, 1.82) is 0 Å². The summed E-state index contributed by atoms with van der Waals surface area (Å²) in [5.41, 5.74) is 0. The molecule has 0 saturated carbocycles. The zero-order chi connectivity index (χ0) is 13.3. The Morgan fingerprint density at radius 1 is 1.29 bits per heavy atom. The summed E-state index contributed by atoms with van der Waals surface area (Å²) < 4.78 is 21.7. The Hall–Kier alpha value is -0.780. The Bertz CT molecular complexity index is 315. The van der Waals surface area contributed by atoms with Crippen LogP contribution in [0.5, 0.6) is 0 Å². The van der Waals surface area contributed by atoms with Gasteiger partial charge in [-0.25, -0.2) is 13.2 Å². The molecule has 1 atom stereocenters. The van der Waals surface area contributed by atoms with Crippen molar-refractivity contribution in [3.63, 3.8) is 0 Å². The predicted octanol–water partition coefficient (Wildman–Crippen LogP) is 1.30. The van der Waals surface area contributed by atoms with Gasteiger partial charge in [-0.15, -0.1) is 0 Å². The summed E-state index contributed by atoms with van der Waals surface area (Å²) in [6, 6.07) is -0.169. The summed E-state index contributed by atoms with van der Waals surface area (Å²) >= 11 is 0. The summed E-state index contributed by atoms with van der Waals surface area (Å²) in [6.07, 6.45) is 5.53. The molecule has 0 saturated heterocycles. The molecule has 0 spiro atoms. The van der Waals surface area contributed by atoms with Gasteiger partial charge in [0, 0.05) is 18.8 Å². The van der Waals surface area contributed by atoms with Crippen LogP contribution in [0.25, 0.3) is 0 Å². The van der Waals surface area contributed by atoms with E-state index in [2.05, 4.69) is 17.6 Å². The highest BCUT2D eigenvalue weighted by atomic mass is 32.2. The van der Waals surface area contributed by atoms with Gasteiger partial charge in [0.25, 0.3) is 0 Å². The van der Waals surface area contributed by atoms with Crippen molar-refractivity contribution in [2.45, 2.75) is 45.6 Å². The highest BCUT2D eigenvalue weighted by Crippen LogP contribution is 2.02. The van der Waals surface area contributed by atoms with Crippen LogP contribution in [-0.2, 0) is 9.84 Å². The van der Waals surface area contributed by atoms with E-state index in [-0.39, 0.29) is 24.4 Å².